The molecule has 1 aromatic rings. The van der Waals surface area contributed by atoms with Gasteiger partial charge in [-0.3, -0.25) is 33.6 Å². The van der Waals surface area contributed by atoms with Crippen molar-refractivity contribution in [3.05, 3.63) is 40.8 Å². The summed E-state index contributed by atoms with van der Waals surface area (Å²) in [5.74, 6) is -6.82. The lowest BCUT2D eigenvalue weighted by Gasteiger charge is -2.34. The molecule has 0 saturated carbocycles. The quantitative estimate of drug-likeness (QED) is 0.0489. The van der Waals surface area contributed by atoms with Gasteiger partial charge in [0.2, 0.25) is 41.4 Å². The van der Waals surface area contributed by atoms with Gasteiger partial charge in [0, 0.05) is 32.4 Å². The van der Waals surface area contributed by atoms with E-state index in [1.165, 1.54) is 24.3 Å². The van der Waals surface area contributed by atoms with E-state index in [4.69, 9.17) is 0 Å². The van der Waals surface area contributed by atoms with Gasteiger partial charge in [0.1, 0.15) is 54.6 Å². The number of nitroso groups, excluding NO2 is 1. The number of benzene rings is 1. The summed E-state index contributed by atoms with van der Waals surface area (Å²) in [6.45, 7) is 6.24. The van der Waals surface area contributed by atoms with Crippen molar-refractivity contribution in [3.63, 3.8) is 0 Å². The van der Waals surface area contributed by atoms with Crippen molar-refractivity contribution in [1.29, 1.82) is 0 Å². The summed E-state index contributed by atoms with van der Waals surface area (Å²) in [6, 6.07) is -4.16. The number of rotatable bonds is 20. The van der Waals surface area contributed by atoms with Gasteiger partial charge in [0.15, 0.2) is 6.23 Å². The number of amides is 7. The van der Waals surface area contributed by atoms with Gasteiger partial charge in [-0.2, -0.15) is 4.91 Å². The van der Waals surface area contributed by atoms with Crippen molar-refractivity contribution in [1.82, 2.24) is 36.4 Å². The van der Waals surface area contributed by atoms with Crippen LogP contribution in [0, 0.1) is 16.7 Å². The summed E-state index contributed by atoms with van der Waals surface area (Å²) in [5, 5.41) is 103. The third-order valence-electron chi connectivity index (χ3n) is 14.1. The first-order valence-electron chi connectivity index (χ1n) is 25.5. The summed E-state index contributed by atoms with van der Waals surface area (Å²) in [7, 11) is 0. The lowest BCUT2D eigenvalue weighted by Crippen LogP contribution is -2.64. The molecular formula is C49H78N8O16. The van der Waals surface area contributed by atoms with Crippen molar-refractivity contribution >= 4 is 41.4 Å². The van der Waals surface area contributed by atoms with Crippen molar-refractivity contribution in [2.45, 2.75) is 196 Å². The molecule has 4 rings (SSSR count). The van der Waals surface area contributed by atoms with Crippen molar-refractivity contribution in [2.75, 3.05) is 19.6 Å². The van der Waals surface area contributed by atoms with Gasteiger partial charge in [0.05, 0.1) is 31.0 Å². The Hall–Kier alpha value is -5.21. The van der Waals surface area contributed by atoms with Crippen LogP contribution in [0.4, 0.5) is 0 Å². The molecule has 24 heteroatoms. The first-order chi connectivity index (χ1) is 34.6. The number of carbonyl (C=O) groups excluding carboxylic acids is 7. The normalized spacial score (nSPS) is 29.5. The second-order valence-electron chi connectivity index (χ2n) is 20.0. The number of hydrogen-bond acceptors (Lipinski definition) is 17. The summed E-state index contributed by atoms with van der Waals surface area (Å²) in [4.78, 5) is 111. The highest BCUT2D eigenvalue weighted by Gasteiger charge is 2.49. The van der Waals surface area contributed by atoms with Crippen molar-refractivity contribution in [3.8, 4) is 0 Å². The average Bonchev–Trinajstić information content (AvgIpc) is 3.95. The smallest absolute Gasteiger partial charge is 0.248 e. The van der Waals surface area contributed by atoms with Crippen LogP contribution in [-0.4, -0.2) is 191 Å². The molecule has 3 heterocycles. The minimum atomic E-state index is -2.25. The Labute approximate surface area is 425 Å². The molecule has 3 aliphatic rings. The molecule has 16 unspecified atom stereocenters. The molecular weight excluding hydrogens is 957 g/mol. The predicted molar refractivity (Wildman–Crippen MR) is 261 cm³/mol. The van der Waals surface area contributed by atoms with E-state index in [9.17, 15) is 79.3 Å². The Balaban J connectivity index is 1.70. The van der Waals surface area contributed by atoms with Crippen LogP contribution in [0.25, 0.3) is 0 Å². The van der Waals surface area contributed by atoms with Crippen LogP contribution in [0.15, 0.2) is 35.5 Å². The number of unbranched alkanes of at least 4 members (excludes halogenated alkanes) is 4. The van der Waals surface area contributed by atoms with Gasteiger partial charge < -0.3 is 77.2 Å². The van der Waals surface area contributed by atoms with Crippen LogP contribution >= 0.6 is 0 Å². The van der Waals surface area contributed by atoms with Crippen LogP contribution < -0.4 is 26.6 Å². The predicted octanol–water partition coefficient (Wildman–Crippen LogP) is -2.16. The molecule has 0 aliphatic carbocycles. The molecule has 0 bridgehead atoms. The first kappa shape index (κ1) is 60.3. The number of hydrogen-bond donors (Lipinski definition) is 13. The van der Waals surface area contributed by atoms with E-state index in [0.29, 0.717) is 24.7 Å². The minimum absolute atomic E-state index is 0.0534. The monoisotopic (exact) mass is 1030 g/mol. The zero-order valence-corrected chi connectivity index (χ0v) is 42.1. The van der Waals surface area contributed by atoms with E-state index >= 15 is 0 Å². The van der Waals surface area contributed by atoms with Crippen molar-refractivity contribution < 1.29 is 74.4 Å². The summed E-state index contributed by atoms with van der Waals surface area (Å²) >= 11 is 0. The molecule has 0 spiro atoms. The number of carbonyl (C=O) groups is 7. The van der Waals surface area contributed by atoms with Crippen LogP contribution in [0.2, 0.25) is 0 Å². The van der Waals surface area contributed by atoms with Crippen LogP contribution in [0.5, 0.6) is 0 Å². The molecule has 24 nitrogen and oxygen atoms in total. The molecule has 13 N–H and O–H groups in total. The van der Waals surface area contributed by atoms with E-state index < -0.39 is 159 Å². The fourth-order valence-corrected chi connectivity index (χ4v) is 9.62. The Bertz CT molecular complexity index is 2000. The first-order valence-corrected chi connectivity index (χ1v) is 25.5. The van der Waals surface area contributed by atoms with Gasteiger partial charge in [-0.1, -0.05) is 94.8 Å². The SMILES string of the molecule is CCC(C)CC(C)CCCCCCCC(=O)NC1CC(O)C(O)NC(=O)C2C(O)CCN2C(=O)C(C(O)CCN=O)NC(=O)C(C(O)C(O)c2ccccc2)NC(=O)C2CC(O)CN2C(=O)C(C(C)O)NC1=O. The van der Waals surface area contributed by atoms with Gasteiger partial charge in [-0.25, -0.2) is 0 Å². The second-order valence-corrected chi connectivity index (χ2v) is 20.0. The lowest BCUT2D eigenvalue weighted by atomic mass is 9.91. The third-order valence-corrected chi connectivity index (χ3v) is 14.1. The maximum atomic E-state index is 14.4. The summed E-state index contributed by atoms with van der Waals surface area (Å²) < 4.78 is 0. The fourth-order valence-electron chi connectivity index (χ4n) is 9.62. The van der Waals surface area contributed by atoms with E-state index in [1.54, 1.807) is 6.07 Å². The maximum absolute atomic E-state index is 14.4. The summed E-state index contributed by atoms with van der Waals surface area (Å²) in [5.41, 5.74) is 0.0534. The van der Waals surface area contributed by atoms with Crippen LogP contribution in [0.1, 0.15) is 123 Å². The minimum Gasteiger partial charge on any atom is -0.391 e. The highest BCUT2D eigenvalue weighted by molar-refractivity contribution is 5.98. The molecule has 0 aromatic heterocycles. The molecule has 7 amide bonds. The van der Waals surface area contributed by atoms with E-state index in [-0.39, 0.29) is 24.9 Å². The standard InChI is InChI=1S/C49H78N8O16/c1-5-26(2)22-27(3)14-10-7-6-8-13-17-36(63)51-31-24-35(62)45(68)55-47(70)40-34(61)19-21-56(40)49(72)38(33(60)18-20-50-73)53-46(69)39(42(65)41(64)29-15-11-9-12-16-29)54-44(67)32-23-30(59)25-57(32)48(71)37(28(4)58)52-43(31)66/h9,11-12,15-16,26-28,30-35,37-42,45,58-62,64-65,68H,5-8,10,13-14,17-25H2,1-4H3,(H,51,63)(H,52,66)(H,53,69)(H,54,67)(H,55,70). The Morgan fingerprint density at radius 1 is 0.726 bits per heavy atom. The zero-order valence-electron chi connectivity index (χ0n) is 42.1. The average molecular weight is 1040 g/mol. The van der Waals surface area contributed by atoms with Gasteiger partial charge in [-0.05, 0) is 50.0 Å². The van der Waals surface area contributed by atoms with Crippen LogP contribution in [-0.2, 0) is 33.6 Å². The Morgan fingerprint density at radius 3 is 2.01 bits per heavy atom. The number of aliphatic hydroxyl groups is 8. The summed E-state index contributed by atoms with van der Waals surface area (Å²) in [6.07, 6.45) is -10.1. The largest absolute Gasteiger partial charge is 0.391 e. The van der Waals surface area contributed by atoms with Gasteiger partial charge in [-0.15, -0.1) is 0 Å². The molecule has 0 radical (unpaired) electrons. The molecule has 3 aliphatic heterocycles. The number of nitrogens with one attached hydrogen (secondary N) is 5. The van der Waals surface area contributed by atoms with Crippen LogP contribution in [0.3, 0.4) is 0 Å². The number of nitrogens with zero attached hydrogens (tertiary/aromatic N) is 3. The molecule has 3 saturated heterocycles. The van der Waals surface area contributed by atoms with E-state index in [1.807, 2.05) is 0 Å². The molecule has 16 atom stereocenters. The Kier molecular flexibility index (Phi) is 24.0. The highest BCUT2D eigenvalue weighted by atomic mass is 16.3. The van der Waals surface area contributed by atoms with E-state index in [0.717, 1.165) is 55.2 Å². The third kappa shape index (κ3) is 17.2. The molecule has 3 fully saturated rings. The Morgan fingerprint density at radius 2 is 1.36 bits per heavy atom. The van der Waals surface area contributed by atoms with E-state index in [2.05, 4.69) is 52.5 Å². The molecule has 73 heavy (non-hydrogen) atoms. The topological polar surface area (TPSA) is 377 Å². The lowest BCUT2D eigenvalue weighted by molar-refractivity contribution is -0.149. The number of aliphatic hydroxyl groups excluding tert-OH is 8. The van der Waals surface area contributed by atoms with Gasteiger partial charge >= 0.3 is 0 Å². The molecule has 1 aromatic carbocycles. The number of fused-ring (bicyclic) bond motifs is 2. The fraction of sp³-hybridized carbons (Fsp3) is 0.735. The second kappa shape index (κ2) is 29.0. The van der Waals surface area contributed by atoms with Crippen molar-refractivity contribution in [2.24, 2.45) is 17.0 Å². The maximum Gasteiger partial charge on any atom is 0.248 e. The zero-order chi connectivity index (χ0) is 54.1. The highest BCUT2D eigenvalue weighted by Crippen LogP contribution is 2.26. The van der Waals surface area contributed by atoms with Gasteiger partial charge in [0.25, 0.3) is 0 Å². The molecule has 410 valence electrons.